The number of hydrogen-bond donors (Lipinski definition) is 2. The Morgan fingerprint density at radius 1 is 1.04 bits per heavy atom. The smallest absolute Gasteiger partial charge is 0.384 e. The van der Waals surface area contributed by atoms with Gasteiger partial charge in [-0.25, -0.2) is 0 Å². The van der Waals surface area contributed by atoms with E-state index in [4.69, 9.17) is 0 Å². The van der Waals surface area contributed by atoms with Gasteiger partial charge in [-0.05, 0) is 42.3 Å². The fraction of sp³-hybridized carbons (Fsp3) is 0.368. The first-order valence-corrected chi connectivity index (χ1v) is 10.3. The molecule has 0 radical (unpaired) electrons. The Bertz CT molecular complexity index is 758. The zero-order valence-electron chi connectivity index (χ0n) is 14.2. The summed E-state index contributed by atoms with van der Waals surface area (Å²) in [6.45, 7) is 1.63. The first kappa shape index (κ1) is 19.5. The third kappa shape index (κ3) is 4.69. The summed E-state index contributed by atoms with van der Waals surface area (Å²) in [7, 11) is 0. The molecule has 1 unspecified atom stereocenters. The van der Waals surface area contributed by atoms with E-state index >= 15 is 0 Å². The van der Waals surface area contributed by atoms with Gasteiger partial charge in [0.1, 0.15) is 5.60 Å². The van der Waals surface area contributed by atoms with E-state index in [0.29, 0.717) is 4.58 Å². The van der Waals surface area contributed by atoms with Crippen LogP contribution in [-0.4, -0.2) is 23.2 Å². The number of rotatable bonds is 5. The Labute approximate surface area is 159 Å². The normalized spacial score (nSPS) is 17.9. The summed E-state index contributed by atoms with van der Waals surface area (Å²) in [4.78, 5) is 0. The van der Waals surface area contributed by atoms with Gasteiger partial charge in [-0.1, -0.05) is 24.3 Å². The van der Waals surface area contributed by atoms with Gasteiger partial charge in [-0.2, -0.15) is 13.2 Å². The number of benzene rings is 2. The predicted molar refractivity (Wildman–Crippen MR) is 104 cm³/mol. The highest BCUT2D eigenvalue weighted by atomic mass is 32.2. The highest BCUT2D eigenvalue weighted by molar-refractivity contribution is 8.19. The van der Waals surface area contributed by atoms with E-state index in [2.05, 4.69) is 11.4 Å². The highest BCUT2D eigenvalue weighted by Crippen LogP contribution is 2.45. The van der Waals surface area contributed by atoms with Crippen LogP contribution in [0.4, 0.5) is 18.9 Å². The van der Waals surface area contributed by atoms with Crippen molar-refractivity contribution in [2.75, 3.05) is 23.4 Å². The molecular weight excluding hydrogens is 379 g/mol. The summed E-state index contributed by atoms with van der Waals surface area (Å²) in [5.41, 5.74) is 0.114. The third-order valence-electron chi connectivity index (χ3n) is 4.23. The zero-order chi connectivity index (χ0) is 18.8. The summed E-state index contributed by atoms with van der Waals surface area (Å²) >= 11 is 3.82. The quantitative estimate of drug-likeness (QED) is 0.695. The van der Waals surface area contributed by atoms with E-state index < -0.39 is 17.3 Å². The number of aliphatic hydroxyl groups is 1. The van der Waals surface area contributed by atoms with Crippen LogP contribution in [0.5, 0.6) is 0 Å². The van der Waals surface area contributed by atoms with Crippen molar-refractivity contribution in [3.8, 4) is 0 Å². The average Bonchev–Trinajstić information content (AvgIpc) is 3.14. The Balaban J connectivity index is 1.71. The molecule has 140 valence electrons. The second-order valence-electron chi connectivity index (χ2n) is 6.40. The average molecular weight is 400 g/mol. The number of halogens is 3. The summed E-state index contributed by atoms with van der Waals surface area (Å²) < 4.78 is 39.1. The molecule has 2 aromatic carbocycles. The fourth-order valence-corrected chi connectivity index (χ4v) is 5.59. The van der Waals surface area contributed by atoms with Gasteiger partial charge in [0.15, 0.2) is 0 Å². The van der Waals surface area contributed by atoms with Crippen LogP contribution < -0.4 is 5.32 Å². The second kappa shape index (κ2) is 7.74. The standard InChI is InChI=1S/C19H20F3NOS2/c1-18(24,14-5-3-6-15(11-14)19(20,21)22)12-23-16-7-2-4-13(10-16)17-25-8-9-26-17/h2-7,10-11,17,23-24H,8-9,12H2,1H3. The van der Waals surface area contributed by atoms with E-state index in [1.54, 1.807) is 0 Å². The van der Waals surface area contributed by atoms with Gasteiger partial charge in [0.05, 0.1) is 10.1 Å². The van der Waals surface area contributed by atoms with Crippen molar-refractivity contribution in [2.24, 2.45) is 0 Å². The summed E-state index contributed by atoms with van der Waals surface area (Å²) in [5, 5.41) is 13.8. The second-order valence-corrected chi connectivity index (χ2v) is 9.13. The van der Waals surface area contributed by atoms with E-state index in [9.17, 15) is 18.3 Å². The lowest BCUT2D eigenvalue weighted by Gasteiger charge is -2.26. The van der Waals surface area contributed by atoms with Crippen molar-refractivity contribution in [3.05, 3.63) is 65.2 Å². The van der Waals surface area contributed by atoms with E-state index in [-0.39, 0.29) is 12.1 Å². The molecule has 0 aliphatic carbocycles. The van der Waals surface area contributed by atoms with E-state index in [1.807, 2.05) is 41.7 Å². The minimum Gasteiger partial charge on any atom is -0.384 e. The number of thioether (sulfide) groups is 2. The van der Waals surface area contributed by atoms with E-state index in [1.165, 1.54) is 24.6 Å². The molecule has 2 nitrogen and oxygen atoms in total. The molecule has 0 saturated carbocycles. The van der Waals surface area contributed by atoms with Crippen molar-refractivity contribution in [1.82, 2.24) is 0 Å². The number of hydrogen-bond acceptors (Lipinski definition) is 4. The molecule has 0 aromatic heterocycles. The molecule has 1 aliphatic heterocycles. The minimum absolute atomic E-state index is 0.114. The summed E-state index contributed by atoms with van der Waals surface area (Å²) in [6.07, 6.45) is -4.43. The molecule has 2 N–H and O–H groups in total. The van der Waals surface area contributed by atoms with Gasteiger partial charge in [-0.3, -0.25) is 0 Å². The first-order valence-electron chi connectivity index (χ1n) is 8.23. The molecule has 7 heteroatoms. The van der Waals surface area contributed by atoms with Crippen molar-refractivity contribution in [2.45, 2.75) is 23.3 Å². The van der Waals surface area contributed by atoms with Crippen LogP contribution in [0.25, 0.3) is 0 Å². The third-order valence-corrected chi connectivity index (χ3v) is 7.33. The van der Waals surface area contributed by atoms with E-state index in [0.717, 1.165) is 29.3 Å². The Morgan fingerprint density at radius 2 is 1.69 bits per heavy atom. The molecule has 1 saturated heterocycles. The lowest BCUT2D eigenvalue weighted by molar-refractivity contribution is -0.137. The van der Waals surface area contributed by atoms with Gasteiger partial charge >= 0.3 is 6.18 Å². The van der Waals surface area contributed by atoms with Crippen LogP contribution in [0.1, 0.15) is 28.2 Å². The van der Waals surface area contributed by atoms with Crippen molar-refractivity contribution >= 4 is 29.2 Å². The molecule has 0 bridgehead atoms. The molecule has 1 heterocycles. The molecule has 1 fully saturated rings. The summed E-state index contributed by atoms with van der Waals surface area (Å²) in [6, 6.07) is 12.8. The van der Waals surface area contributed by atoms with Gasteiger partial charge in [-0.15, -0.1) is 23.5 Å². The fourth-order valence-electron chi connectivity index (χ4n) is 2.75. The molecule has 26 heavy (non-hydrogen) atoms. The number of anilines is 1. The van der Waals surface area contributed by atoms with Crippen LogP contribution in [0, 0.1) is 0 Å². The van der Waals surface area contributed by atoms with Gasteiger partial charge in [0.2, 0.25) is 0 Å². The Morgan fingerprint density at radius 3 is 2.38 bits per heavy atom. The maximum atomic E-state index is 12.9. The maximum Gasteiger partial charge on any atom is 0.416 e. The first-order chi connectivity index (χ1) is 12.3. The van der Waals surface area contributed by atoms with Crippen molar-refractivity contribution in [3.63, 3.8) is 0 Å². The SMILES string of the molecule is CC(O)(CNc1cccc(C2SCCS2)c1)c1cccc(C(F)(F)F)c1. The summed E-state index contributed by atoms with van der Waals surface area (Å²) in [5.74, 6) is 2.27. The molecule has 1 aliphatic rings. The van der Waals surface area contributed by atoms with Gasteiger partial charge in [0, 0.05) is 23.7 Å². The molecular formula is C19H20F3NOS2. The van der Waals surface area contributed by atoms with Gasteiger partial charge < -0.3 is 10.4 Å². The Hall–Kier alpha value is -1.31. The molecule has 0 amide bonds. The zero-order valence-corrected chi connectivity index (χ0v) is 15.8. The lowest BCUT2D eigenvalue weighted by atomic mass is 9.94. The van der Waals surface area contributed by atoms with Crippen molar-refractivity contribution < 1.29 is 18.3 Å². The highest BCUT2D eigenvalue weighted by Gasteiger charge is 2.32. The number of nitrogens with one attached hydrogen (secondary N) is 1. The number of alkyl halides is 3. The topological polar surface area (TPSA) is 32.3 Å². The van der Waals surface area contributed by atoms with Crippen LogP contribution in [0.2, 0.25) is 0 Å². The Kier molecular flexibility index (Phi) is 5.79. The molecule has 2 aromatic rings. The van der Waals surface area contributed by atoms with Gasteiger partial charge in [0.25, 0.3) is 0 Å². The minimum atomic E-state index is -4.43. The maximum absolute atomic E-state index is 12.9. The van der Waals surface area contributed by atoms with Crippen LogP contribution >= 0.6 is 23.5 Å². The van der Waals surface area contributed by atoms with Crippen LogP contribution in [-0.2, 0) is 11.8 Å². The monoisotopic (exact) mass is 399 g/mol. The largest absolute Gasteiger partial charge is 0.416 e. The molecule has 0 spiro atoms. The molecule has 3 rings (SSSR count). The van der Waals surface area contributed by atoms with Crippen LogP contribution in [0.15, 0.2) is 48.5 Å². The molecule has 1 atom stereocenters. The lowest BCUT2D eigenvalue weighted by Crippen LogP contribution is -2.31. The predicted octanol–water partition coefficient (Wildman–Crippen LogP) is 5.50. The van der Waals surface area contributed by atoms with Crippen molar-refractivity contribution in [1.29, 1.82) is 0 Å². The van der Waals surface area contributed by atoms with Crippen LogP contribution in [0.3, 0.4) is 0 Å².